The maximum absolute atomic E-state index is 12.8. The second-order valence-corrected chi connectivity index (χ2v) is 7.27. The number of thioether (sulfide) groups is 1. The lowest BCUT2D eigenvalue weighted by molar-refractivity contribution is -0.132. The van der Waals surface area contributed by atoms with Gasteiger partial charge in [-0.15, -0.1) is 11.8 Å². The van der Waals surface area contributed by atoms with E-state index in [9.17, 15) is 9.59 Å². The molecular weight excluding hydrogens is 330 g/mol. The van der Waals surface area contributed by atoms with Crippen LogP contribution >= 0.6 is 23.4 Å². The summed E-state index contributed by atoms with van der Waals surface area (Å²) in [6.07, 6.45) is 0. The highest BCUT2D eigenvalue weighted by Crippen LogP contribution is 2.38. The topological polar surface area (TPSA) is 37.4 Å². The van der Waals surface area contributed by atoms with Crippen molar-refractivity contribution in [1.82, 2.24) is 4.90 Å². The number of carbonyl (C=O) groups is 2. The summed E-state index contributed by atoms with van der Waals surface area (Å²) in [6.45, 7) is 1.90. The van der Waals surface area contributed by atoms with Gasteiger partial charge in [-0.3, -0.25) is 14.5 Å². The maximum atomic E-state index is 12.8. The average molecular weight is 346 g/mol. The van der Waals surface area contributed by atoms with Crippen LogP contribution in [0, 0.1) is 0 Å². The van der Waals surface area contributed by atoms with E-state index >= 15 is 0 Å². The largest absolute Gasteiger partial charge is 0.281 e. The van der Waals surface area contributed by atoms with Crippen LogP contribution in [0.4, 0.5) is 0 Å². The molecule has 3 nitrogen and oxygen atoms in total. The van der Waals surface area contributed by atoms with E-state index in [1.807, 2.05) is 49.4 Å². The monoisotopic (exact) mass is 345 g/mol. The zero-order valence-corrected chi connectivity index (χ0v) is 14.4. The molecule has 0 aliphatic carbocycles. The fourth-order valence-electron chi connectivity index (χ4n) is 2.81. The molecule has 23 heavy (non-hydrogen) atoms. The quantitative estimate of drug-likeness (QED) is 0.623. The Morgan fingerprint density at radius 1 is 1.09 bits per heavy atom. The van der Waals surface area contributed by atoms with Crippen molar-refractivity contribution in [1.29, 1.82) is 0 Å². The summed E-state index contributed by atoms with van der Waals surface area (Å²) in [6, 6.07) is 14.9. The van der Waals surface area contributed by atoms with Crippen LogP contribution in [-0.4, -0.2) is 29.5 Å². The summed E-state index contributed by atoms with van der Waals surface area (Å²) in [5, 5.41) is 0.685. The number of rotatable bonds is 3. The molecule has 0 fully saturated rings. The SMILES string of the molecule is CN1C(=O)c2ccccc2C(C)(CSc2ccc(Cl)cc2)C1=O. The normalized spacial score (nSPS) is 20.6. The van der Waals surface area contributed by atoms with Crippen molar-refractivity contribution in [2.75, 3.05) is 12.8 Å². The predicted octanol–water partition coefficient (Wildman–Crippen LogP) is 4.00. The number of carbonyl (C=O) groups excluding carboxylic acids is 2. The van der Waals surface area contributed by atoms with Gasteiger partial charge in [0.05, 0.1) is 5.41 Å². The average Bonchev–Trinajstić information content (AvgIpc) is 2.58. The van der Waals surface area contributed by atoms with E-state index < -0.39 is 5.41 Å². The van der Waals surface area contributed by atoms with Crippen LogP contribution < -0.4 is 0 Å². The molecule has 0 radical (unpaired) electrons. The Hall–Kier alpha value is -1.78. The highest BCUT2D eigenvalue weighted by molar-refractivity contribution is 7.99. The lowest BCUT2D eigenvalue weighted by atomic mass is 9.77. The lowest BCUT2D eigenvalue weighted by Crippen LogP contribution is -2.52. The zero-order chi connectivity index (χ0) is 16.6. The molecule has 0 saturated heterocycles. The summed E-state index contributed by atoms with van der Waals surface area (Å²) in [4.78, 5) is 27.3. The first kappa shape index (κ1) is 16.1. The van der Waals surface area contributed by atoms with Gasteiger partial charge in [0.15, 0.2) is 0 Å². The fraction of sp³-hybridized carbons (Fsp3) is 0.222. The summed E-state index contributed by atoms with van der Waals surface area (Å²) in [5.41, 5.74) is 0.673. The van der Waals surface area contributed by atoms with Crippen LogP contribution in [0.2, 0.25) is 5.02 Å². The number of amides is 2. The number of benzene rings is 2. The molecule has 2 aromatic carbocycles. The van der Waals surface area contributed by atoms with E-state index in [4.69, 9.17) is 11.6 Å². The van der Waals surface area contributed by atoms with Crippen LogP contribution in [0.25, 0.3) is 0 Å². The van der Waals surface area contributed by atoms with Crippen LogP contribution in [-0.2, 0) is 10.2 Å². The molecule has 3 rings (SSSR count). The molecule has 0 saturated carbocycles. The Balaban J connectivity index is 1.95. The fourth-order valence-corrected chi connectivity index (χ4v) is 4.00. The highest BCUT2D eigenvalue weighted by atomic mass is 35.5. The third-order valence-corrected chi connectivity index (χ3v) is 5.75. The Morgan fingerprint density at radius 3 is 2.43 bits per heavy atom. The van der Waals surface area contributed by atoms with E-state index in [1.54, 1.807) is 24.9 Å². The van der Waals surface area contributed by atoms with Gasteiger partial charge in [0, 0.05) is 28.3 Å². The van der Waals surface area contributed by atoms with Gasteiger partial charge < -0.3 is 0 Å². The maximum Gasteiger partial charge on any atom is 0.260 e. The van der Waals surface area contributed by atoms with E-state index in [2.05, 4.69) is 0 Å². The minimum Gasteiger partial charge on any atom is -0.281 e. The van der Waals surface area contributed by atoms with Crippen LogP contribution in [0.3, 0.4) is 0 Å². The van der Waals surface area contributed by atoms with Crippen LogP contribution in [0.15, 0.2) is 53.4 Å². The van der Waals surface area contributed by atoms with E-state index in [0.717, 1.165) is 10.5 Å². The summed E-state index contributed by atoms with van der Waals surface area (Å²) >= 11 is 7.49. The first-order valence-corrected chi connectivity index (χ1v) is 8.60. The van der Waals surface area contributed by atoms with Gasteiger partial charge >= 0.3 is 0 Å². The van der Waals surface area contributed by atoms with Gasteiger partial charge in [0.2, 0.25) is 5.91 Å². The van der Waals surface area contributed by atoms with Crippen molar-refractivity contribution in [2.24, 2.45) is 0 Å². The number of likely N-dealkylation sites (N-methyl/N-ethyl adjacent to an activating group) is 1. The van der Waals surface area contributed by atoms with Gasteiger partial charge in [-0.2, -0.15) is 0 Å². The summed E-state index contributed by atoms with van der Waals surface area (Å²) < 4.78 is 0. The standard InChI is InChI=1S/C18H16ClNO2S/c1-18(11-23-13-9-7-12(19)8-10-13)15-6-4-3-5-14(15)16(21)20(2)17(18)22/h3-10H,11H2,1-2H3. The van der Waals surface area contributed by atoms with Gasteiger partial charge in [-0.05, 0) is 42.8 Å². The molecule has 0 spiro atoms. The molecule has 0 aromatic heterocycles. The zero-order valence-electron chi connectivity index (χ0n) is 12.9. The molecule has 0 N–H and O–H groups in total. The first-order valence-electron chi connectivity index (χ1n) is 7.24. The van der Waals surface area contributed by atoms with Gasteiger partial charge in [0.25, 0.3) is 5.91 Å². The Morgan fingerprint density at radius 2 is 1.74 bits per heavy atom. The molecule has 1 atom stereocenters. The lowest BCUT2D eigenvalue weighted by Gasteiger charge is -2.38. The van der Waals surface area contributed by atoms with Crippen molar-refractivity contribution in [3.05, 3.63) is 64.7 Å². The van der Waals surface area contributed by atoms with Crippen molar-refractivity contribution in [2.45, 2.75) is 17.2 Å². The number of imide groups is 1. The van der Waals surface area contributed by atoms with Gasteiger partial charge in [0.1, 0.15) is 0 Å². The molecule has 5 heteroatoms. The smallest absolute Gasteiger partial charge is 0.260 e. The Bertz CT molecular complexity index is 775. The van der Waals surface area contributed by atoms with Crippen molar-refractivity contribution in [3.8, 4) is 0 Å². The van der Waals surface area contributed by atoms with Crippen LogP contribution in [0.5, 0.6) is 0 Å². The minimum atomic E-state index is -0.733. The number of halogens is 1. The Labute approximate surface area is 144 Å². The highest BCUT2D eigenvalue weighted by Gasteiger charge is 2.45. The second kappa shape index (κ2) is 6.02. The van der Waals surface area contributed by atoms with Gasteiger partial charge in [-0.25, -0.2) is 0 Å². The van der Waals surface area contributed by atoms with Crippen molar-refractivity contribution >= 4 is 35.2 Å². The minimum absolute atomic E-state index is 0.164. The molecule has 1 aliphatic rings. The van der Waals surface area contributed by atoms with Gasteiger partial charge in [-0.1, -0.05) is 29.8 Å². The predicted molar refractivity (Wildman–Crippen MR) is 93.1 cm³/mol. The Kier molecular flexibility index (Phi) is 4.21. The first-order chi connectivity index (χ1) is 10.9. The molecule has 1 unspecified atom stereocenters. The molecule has 2 amide bonds. The number of fused-ring (bicyclic) bond motifs is 1. The molecule has 2 aromatic rings. The number of hydrogen-bond donors (Lipinski definition) is 0. The molecule has 1 aliphatic heterocycles. The van der Waals surface area contributed by atoms with E-state index in [0.29, 0.717) is 16.3 Å². The molecule has 118 valence electrons. The van der Waals surface area contributed by atoms with E-state index in [1.165, 1.54) is 4.90 Å². The summed E-state index contributed by atoms with van der Waals surface area (Å²) in [5.74, 6) is 0.157. The molecular formula is C18H16ClNO2S. The number of hydrogen-bond acceptors (Lipinski definition) is 3. The molecule has 0 bridgehead atoms. The number of nitrogens with zero attached hydrogens (tertiary/aromatic N) is 1. The van der Waals surface area contributed by atoms with Crippen molar-refractivity contribution < 1.29 is 9.59 Å². The second-order valence-electron chi connectivity index (χ2n) is 5.79. The third-order valence-electron chi connectivity index (χ3n) is 4.17. The molecule has 1 heterocycles. The van der Waals surface area contributed by atoms with E-state index in [-0.39, 0.29) is 11.8 Å². The van der Waals surface area contributed by atoms with Crippen molar-refractivity contribution in [3.63, 3.8) is 0 Å². The third kappa shape index (κ3) is 2.77. The van der Waals surface area contributed by atoms with Crippen LogP contribution in [0.1, 0.15) is 22.8 Å². The summed E-state index contributed by atoms with van der Waals surface area (Å²) in [7, 11) is 1.55.